The molecule has 2 aliphatic heterocycles. The SMILES string of the molecule is C[C@H](O)CN1CC2(CCC1=O)CCN(c1ccc(Cl)cn1)CC2. The van der Waals surface area contributed by atoms with E-state index in [4.69, 9.17) is 11.6 Å². The lowest BCUT2D eigenvalue weighted by molar-refractivity contribution is -0.139. The van der Waals surface area contributed by atoms with Gasteiger partial charge in [0, 0.05) is 38.8 Å². The zero-order chi connectivity index (χ0) is 16.4. The third-order valence-corrected chi connectivity index (χ3v) is 5.32. The fourth-order valence-corrected chi connectivity index (χ4v) is 3.87. The zero-order valence-electron chi connectivity index (χ0n) is 13.5. The average molecular weight is 338 g/mol. The second-order valence-electron chi connectivity index (χ2n) is 6.94. The Hall–Kier alpha value is -1.33. The number of aliphatic hydroxyl groups excluding tert-OH is 1. The second-order valence-corrected chi connectivity index (χ2v) is 7.38. The van der Waals surface area contributed by atoms with Crippen LogP contribution >= 0.6 is 11.6 Å². The number of halogens is 1. The van der Waals surface area contributed by atoms with E-state index in [1.165, 1.54) is 0 Å². The van der Waals surface area contributed by atoms with Crippen LogP contribution in [0.5, 0.6) is 0 Å². The van der Waals surface area contributed by atoms with Crippen LogP contribution in [-0.4, -0.2) is 53.2 Å². The van der Waals surface area contributed by atoms with Gasteiger partial charge in [-0.15, -0.1) is 0 Å². The van der Waals surface area contributed by atoms with E-state index in [0.29, 0.717) is 18.0 Å². The van der Waals surface area contributed by atoms with E-state index in [1.807, 2.05) is 17.0 Å². The standard InChI is InChI=1S/C17H24ClN3O2/c1-13(22)11-21-12-17(5-4-16(21)23)6-8-20(9-7-17)15-3-2-14(18)10-19-15/h2-3,10,13,22H,4-9,11-12H2,1H3/t13-/m0/s1. The van der Waals surface area contributed by atoms with Gasteiger partial charge in [0.2, 0.25) is 5.91 Å². The number of carbonyl (C=O) groups excluding carboxylic acids is 1. The Kier molecular flexibility index (Phi) is 4.78. The lowest BCUT2D eigenvalue weighted by Crippen LogP contribution is -2.52. The van der Waals surface area contributed by atoms with E-state index in [1.54, 1.807) is 13.1 Å². The van der Waals surface area contributed by atoms with Crippen LogP contribution in [0.15, 0.2) is 18.3 Å². The quantitative estimate of drug-likeness (QED) is 0.919. The average Bonchev–Trinajstić information content (AvgIpc) is 2.52. The van der Waals surface area contributed by atoms with Gasteiger partial charge in [0.25, 0.3) is 0 Å². The van der Waals surface area contributed by atoms with Gasteiger partial charge in [0.15, 0.2) is 0 Å². The van der Waals surface area contributed by atoms with Gasteiger partial charge < -0.3 is 14.9 Å². The van der Waals surface area contributed by atoms with Crippen LogP contribution in [0.2, 0.25) is 5.02 Å². The molecule has 5 nitrogen and oxygen atoms in total. The number of nitrogens with zero attached hydrogens (tertiary/aromatic N) is 3. The molecule has 0 unspecified atom stereocenters. The van der Waals surface area contributed by atoms with Gasteiger partial charge >= 0.3 is 0 Å². The Labute approximate surface area is 142 Å². The number of rotatable bonds is 3. The minimum Gasteiger partial charge on any atom is -0.392 e. The van der Waals surface area contributed by atoms with Crippen LogP contribution in [0.1, 0.15) is 32.6 Å². The number of hydrogen-bond donors (Lipinski definition) is 1. The Morgan fingerprint density at radius 1 is 1.35 bits per heavy atom. The molecule has 0 radical (unpaired) electrons. The number of likely N-dealkylation sites (tertiary alicyclic amines) is 1. The largest absolute Gasteiger partial charge is 0.392 e. The summed E-state index contributed by atoms with van der Waals surface area (Å²) in [7, 11) is 0. The first-order chi connectivity index (χ1) is 11.0. The molecular weight excluding hydrogens is 314 g/mol. The van der Waals surface area contributed by atoms with Crippen molar-refractivity contribution in [2.75, 3.05) is 31.1 Å². The van der Waals surface area contributed by atoms with Crippen LogP contribution in [0, 0.1) is 5.41 Å². The van der Waals surface area contributed by atoms with E-state index in [9.17, 15) is 9.90 Å². The van der Waals surface area contributed by atoms with E-state index < -0.39 is 6.10 Å². The first kappa shape index (κ1) is 16.5. The molecule has 1 aromatic rings. The number of carbonyl (C=O) groups is 1. The molecule has 0 aromatic carbocycles. The van der Waals surface area contributed by atoms with Gasteiger partial charge in [0.05, 0.1) is 11.1 Å². The van der Waals surface area contributed by atoms with E-state index in [0.717, 1.165) is 44.7 Å². The molecule has 0 bridgehead atoms. The molecule has 1 spiro atoms. The van der Waals surface area contributed by atoms with Crippen molar-refractivity contribution >= 4 is 23.3 Å². The predicted molar refractivity (Wildman–Crippen MR) is 90.6 cm³/mol. The lowest BCUT2D eigenvalue weighted by atomic mass is 9.72. The minimum absolute atomic E-state index is 0.179. The minimum atomic E-state index is -0.465. The van der Waals surface area contributed by atoms with Crippen molar-refractivity contribution in [1.29, 1.82) is 0 Å². The number of pyridine rings is 1. The number of piperidine rings is 2. The summed E-state index contributed by atoms with van der Waals surface area (Å²) >= 11 is 5.90. The van der Waals surface area contributed by atoms with Crippen LogP contribution in [-0.2, 0) is 4.79 Å². The molecule has 126 valence electrons. The Balaban J connectivity index is 1.63. The van der Waals surface area contributed by atoms with E-state index in [-0.39, 0.29) is 11.3 Å². The lowest BCUT2D eigenvalue weighted by Gasteiger charge is -2.48. The highest BCUT2D eigenvalue weighted by molar-refractivity contribution is 6.30. The van der Waals surface area contributed by atoms with Crippen molar-refractivity contribution in [2.45, 2.75) is 38.7 Å². The molecule has 2 fully saturated rings. The summed E-state index contributed by atoms with van der Waals surface area (Å²) in [6, 6.07) is 3.84. The van der Waals surface area contributed by atoms with Crippen molar-refractivity contribution in [3.05, 3.63) is 23.4 Å². The number of anilines is 1. The summed E-state index contributed by atoms with van der Waals surface area (Å²) in [6.45, 7) is 4.86. The summed E-state index contributed by atoms with van der Waals surface area (Å²) in [6.07, 6.45) is 4.90. The molecule has 3 heterocycles. The number of hydrogen-bond acceptors (Lipinski definition) is 4. The molecule has 6 heteroatoms. The van der Waals surface area contributed by atoms with Crippen LogP contribution in [0.3, 0.4) is 0 Å². The highest BCUT2D eigenvalue weighted by Crippen LogP contribution is 2.41. The van der Waals surface area contributed by atoms with Gasteiger partial charge in [-0.05, 0) is 43.7 Å². The molecule has 1 atom stereocenters. The number of β-amino-alcohol motifs (C(OH)–C–C–N with tert-alkyl or cyclic N) is 1. The van der Waals surface area contributed by atoms with Crippen LogP contribution in [0.4, 0.5) is 5.82 Å². The second kappa shape index (κ2) is 6.65. The zero-order valence-corrected chi connectivity index (χ0v) is 14.3. The molecule has 2 aliphatic rings. The fourth-order valence-electron chi connectivity index (χ4n) is 3.76. The molecule has 3 rings (SSSR count). The molecule has 1 aromatic heterocycles. The molecule has 1 N–H and O–H groups in total. The Bertz CT molecular complexity index is 553. The summed E-state index contributed by atoms with van der Waals surface area (Å²) in [4.78, 5) is 20.6. The molecule has 2 saturated heterocycles. The molecule has 1 amide bonds. The van der Waals surface area contributed by atoms with Gasteiger partial charge in [0.1, 0.15) is 5.82 Å². The maximum absolute atomic E-state index is 12.1. The first-order valence-corrected chi connectivity index (χ1v) is 8.68. The third-order valence-electron chi connectivity index (χ3n) is 5.09. The van der Waals surface area contributed by atoms with E-state index in [2.05, 4.69) is 9.88 Å². The number of amides is 1. The monoisotopic (exact) mass is 337 g/mol. The highest BCUT2D eigenvalue weighted by atomic mass is 35.5. The predicted octanol–water partition coefficient (Wildman–Crippen LogP) is 2.32. The highest BCUT2D eigenvalue weighted by Gasteiger charge is 2.41. The van der Waals surface area contributed by atoms with Crippen molar-refractivity contribution in [1.82, 2.24) is 9.88 Å². The molecule has 0 saturated carbocycles. The van der Waals surface area contributed by atoms with Gasteiger partial charge in [-0.3, -0.25) is 4.79 Å². The smallest absolute Gasteiger partial charge is 0.222 e. The Morgan fingerprint density at radius 3 is 2.70 bits per heavy atom. The number of aliphatic hydroxyl groups is 1. The maximum Gasteiger partial charge on any atom is 0.222 e. The van der Waals surface area contributed by atoms with Crippen molar-refractivity contribution < 1.29 is 9.90 Å². The molecular formula is C17H24ClN3O2. The first-order valence-electron chi connectivity index (χ1n) is 8.30. The summed E-state index contributed by atoms with van der Waals surface area (Å²) < 4.78 is 0. The topological polar surface area (TPSA) is 56.7 Å². The van der Waals surface area contributed by atoms with Crippen molar-refractivity contribution in [3.8, 4) is 0 Å². The van der Waals surface area contributed by atoms with Crippen LogP contribution in [0.25, 0.3) is 0 Å². The maximum atomic E-state index is 12.1. The summed E-state index contributed by atoms with van der Waals surface area (Å²) in [5.74, 6) is 1.15. The van der Waals surface area contributed by atoms with Crippen molar-refractivity contribution in [2.24, 2.45) is 5.41 Å². The summed E-state index contributed by atoms with van der Waals surface area (Å²) in [5.41, 5.74) is 0.200. The number of aromatic nitrogens is 1. The molecule has 23 heavy (non-hydrogen) atoms. The fraction of sp³-hybridized carbons (Fsp3) is 0.647. The third kappa shape index (κ3) is 3.78. The van der Waals surface area contributed by atoms with Crippen LogP contribution < -0.4 is 4.90 Å². The van der Waals surface area contributed by atoms with Gasteiger partial charge in [-0.25, -0.2) is 4.98 Å². The normalized spacial score (nSPS) is 22.5. The van der Waals surface area contributed by atoms with Crippen molar-refractivity contribution in [3.63, 3.8) is 0 Å². The van der Waals surface area contributed by atoms with E-state index >= 15 is 0 Å². The molecule has 0 aliphatic carbocycles. The van der Waals surface area contributed by atoms with Gasteiger partial charge in [-0.2, -0.15) is 0 Å². The van der Waals surface area contributed by atoms with Gasteiger partial charge in [-0.1, -0.05) is 11.6 Å². The Morgan fingerprint density at radius 2 is 2.09 bits per heavy atom. The summed E-state index contributed by atoms with van der Waals surface area (Å²) in [5, 5.41) is 10.3.